The lowest BCUT2D eigenvalue weighted by Gasteiger charge is -2.39. The van der Waals surface area contributed by atoms with Crippen molar-refractivity contribution in [3.05, 3.63) is 35.5 Å². The van der Waals surface area contributed by atoms with Crippen molar-refractivity contribution in [1.29, 1.82) is 0 Å². The van der Waals surface area contributed by atoms with Gasteiger partial charge in [0.1, 0.15) is 31.5 Å². The number of amides is 1. The molecule has 1 amide bonds. The molecule has 1 saturated heterocycles. The lowest BCUT2D eigenvalue weighted by Crippen LogP contribution is -2.61. The standard InChI is InChI=1S/C18H21B2N5O2S/c1-11-23-24-16(28-11)12-2-3-13-10-21-15(9-14(13)8-12)22-17(26)18(19,20)25-4-6-27-7-5-25/h2-3,8-10H,4-7,19-20H2,1H3,(H,21,22,26). The number of hydrogen-bond donors (Lipinski definition) is 1. The first-order chi connectivity index (χ1) is 13.4. The number of nitrogens with one attached hydrogen (secondary N) is 1. The number of anilines is 1. The van der Waals surface area contributed by atoms with Crippen LogP contribution in [0.1, 0.15) is 5.01 Å². The zero-order valence-electron chi connectivity index (χ0n) is 16.2. The molecule has 4 rings (SSSR count). The molecule has 1 aliphatic heterocycles. The Hall–Kier alpha value is -2.29. The highest BCUT2D eigenvalue weighted by atomic mass is 32.1. The number of benzene rings is 1. The Labute approximate surface area is 169 Å². The quantitative estimate of drug-likeness (QED) is 0.641. The van der Waals surface area contributed by atoms with Crippen molar-refractivity contribution in [2.24, 2.45) is 0 Å². The summed E-state index contributed by atoms with van der Waals surface area (Å²) in [5.74, 6) is 0.474. The summed E-state index contributed by atoms with van der Waals surface area (Å²) in [6.45, 7) is 4.74. The van der Waals surface area contributed by atoms with Crippen LogP contribution in [0.4, 0.5) is 5.82 Å². The molecule has 10 heteroatoms. The number of hydrogen-bond acceptors (Lipinski definition) is 7. The second-order valence-corrected chi connectivity index (χ2v) is 8.55. The Kier molecular flexibility index (Phi) is 5.18. The van der Waals surface area contributed by atoms with Gasteiger partial charge in [-0.3, -0.25) is 9.69 Å². The molecule has 0 bridgehead atoms. The van der Waals surface area contributed by atoms with Crippen molar-refractivity contribution in [3.8, 4) is 10.6 Å². The van der Waals surface area contributed by atoms with Crippen LogP contribution in [0.15, 0.2) is 30.5 Å². The molecule has 0 radical (unpaired) electrons. The van der Waals surface area contributed by atoms with Gasteiger partial charge in [0.2, 0.25) is 5.91 Å². The van der Waals surface area contributed by atoms with Gasteiger partial charge < -0.3 is 10.1 Å². The number of morpholine rings is 1. The maximum Gasteiger partial charge on any atom is 0.229 e. The molecule has 1 N–H and O–H groups in total. The zero-order chi connectivity index (χ0) is 19.7. The minimum Gasteiger partial charge on any atom is -0.379 e. The molecule has 0 aliphatic carbocycles. The van der Waals surface area contributed by atoms with E-state index in [2.05, 4.69) is 31.5 Å². The van der Waals surface area contributed by atoms with Gasteiger partial charge in [-0.25, -0.2) is 4.98 Å². The summed E-state index contributed by atoms with van der Waals surface area (Å²) in [6.07, 6.45) is 1.78. The molecule has 0 saturated carbocycles. The third kappa shape index (κ3) is 3.80. The SMILES string of the molecule is BC(B)(C(=O)Nc1cc2cc(-c3nnc(C)s3)ccc2cn1)N1CCOCC1. The third-order valence-corrected chi connectivity index (χ3v) is 5.98. The van der Waals surface area contributed by atoms with Gasteiger partial charge in [0, 0.05) is 35.6 Å². The second kappa shape index (κ2) is 7.62. The number of nitrogens with zero attached hydrogens (tertiary/aromatic N) is 4. The monoisotopic (exact) mass is 393 g/mol. The highest BCUT2D eigenvalue weighted by Gasteiger charge is 2.35. The Balaban J connectivity index is 1.57. The third-order valence-electron chi connectivity index (χ3n) is 5.09. The van der Waals surface area contributed by atoms with Crippen LogP contribution in [0.3, 0.4) is 0 Å². The molecule has 0 spiro atoms. The highest BCUT2D eigenvalue weighted by molar-refractivity contribution is 7.14. The number of aromatic nitrogens is 3. The van der Waals surface area contributed by atoms with Gasteiger partial charge in [-0.15, -0.1) is 10.2 Å². The molecule has 1 fully saturated rings. The molecule has 1 aromatic carbocycles. The van der Waals surface area contributed by atoms with Gasteiger partial charge in [0.25, 0.3) is 0 Å². The van der Waals surface area contributed by atoms with E-state index in [4.69, 9.17) is 4.74 Å². The van der Waals surface area contributed by atoms with Crippen LogP contribution in [0.5, 0.6) is 0 Å². The maximum atomic E-state index is 12.9. The first-order valence-corrected chi connectivity index (χ1v) is 10.1. The largest absolute Gasteiger partial charge is 0.379 e. The van der Waals surface area contributed by atoms with Crippen molar-refractivity contribution in [1.82, 2.24) is 20.1 Å². The minimum atomic E-state index is -0.633. The first-order valence-electron chi connectivity index (χ1n) is 9.28. The lowest BCUT2D eigenvalue weighted by atomic mass is 9.60. The van der Waals surface area contributed by atoms with E-state index in [0.717, 1.165) is 39.4 Å². The molecular weight excluding hydrogens is 372 g/mol. The average molecular weight is 393 g/mol. The van der Waals surface area contributed by atoms with E-state index in [1.807, 2.05) is 40.8 Å². The van der Waals surface area contributed by atoms with Crippen LogP contribution in [-0.2, 0) is 9.53 Å². The van der Waals surface area contributed by atoms with Crippen LogP contribution in [0.2, 0.25) is 0 Å². The van der Waals surface area contributed by atoms with Gasteiger partial charge in [-0.05, 0) is 24.4 Å². The van der Waals surface area contributed by atoms with Gasteiger partial charge in [-0.1, -0.05) is 23.5 Å². The molecule has 142 valence electrons. The Morgan fingerprint density at radius 2 is 2.00 bits per heavy atom. The lowest BCUT2D eigenvalue weighted by molar-refractivity contribution is -0.121. The normalized spacial score (nSPS) is 15.6. The zero-order valence-corrected chi connectivity index (χ0v) is 17.0. The van der Waals surface area contributed by atoms with Crippen LogP contribution in [-0.4, -0.2) is 73.3 Å². The Morgan fingerprint density at radius 1 is 1.21 bits per heavy atom. The first kappa shape index (κ1) is 19.0. The molecule has 0 atom stereocenters. The minimum absolute atomic E-state index is 0.0721. The molecule has 1 aliphatic rings. The van der Waals surface area contributed by atoms with E-state index in [9.17, 15) is 4.79 Å². The van der Waals surface area contributed by atoms with E-state index >= 15 is 0 Å². The van der Waals surface area contributed by atoms with Crippen molar-refractivity contribution in [2.75, 3.05) is 31.6 Å². The summed E-state index contributed by atoms with van der Waals surface area (Å²) >= 11 is 1.56. The van der Waals surface area contributed by atoms with E-state index in [1.54, 1.807) is 17.5 Å². The summed E-state index contributed by atoms with van der Waals surface area (Å²) in [4.78, 5) is 19.5. The molecular formula is C18H21B2N5O2S. The van der Waals surface area contributed by atoms with Crippen LogP contribution >= 0.6 is 11.3 Å². The number of carbonyl (C=O) groups is 1. The topological polar surface area (TPSA) is 80.2 Å². The van der Waals surface area contributed by atoms with E-state index < -0.39 is 5.34 Å². The molecule has 3 heterocycles. The second-order valence-electron chi connectivity index (χ2n) is 7.37. The predicted octanol–water partition coefficient (Wildman–Crippen LogP) is 0.252. The summed E-state index contributed by atoms with van der Waals surface area (Å²) in [6, 6.07) is 7.99. The number of carbonyl (C=O) groups excluding carboxylic acids is 1. The van der Waals surface area contributed by atoms with Crippen molar-refractivity contribution >= 4 is 49.5 Å². The van der Waals surface area contributed by atoms with Crippen molar-refractivity contribution < 1.29 is 9.53 Å². The molecule has 2 aromatic heterocycles. The summed E-state index contributed by atoms with van der Waals surface area (Å²) in [5, 5.41) is 14.5. The Morgan fingerprint density at radius 3 is 2.71 bits per heavy atom. The number of rotatable bonds is 4. The van der Waals surface area contributed by atoms with E-state index in [1.165, 1.54) is 0 Å². The number of aryl methyl sites for hydroxylation is 1. The Bertz CT molecular complexity index is 1020. The fraction of sp³-hybridized carbons (Fsp3) is 0.333. The van der Waals surface area contributed by atoms with E-state index in [0.29, 0.717) is 19.0 Å². The summed E-state index contributed by atoms with van der Waals surface area (Å²) in [7, 11) is 3.87. The van der Waals surface area contributed by atoms with Gasteiger partial charge in [0.05, 0.1) is 13.2 Å². The van der Waals surface area contributed by atoms with E-state index in [-0.39, 0.29) is 5.91 Å². The summed E-state index contributed by atoms with van der Waals surface area (Å²) in [5.41, 5.74) is 1.01. The number of ether oxygens (including phenoxy) is 1. The van der Waals surface area contributed by atoms with Crippen molar-refractivity contribution in [2.45, 2.75) is 12.3 Å². The molecule has 0 unspecified atom stereocenters. The number of pyridine rings is 1. The molecule has 3 aromatic rings. The van der Waals surface area contributed by atoms with Gasteiger partial charge >= 0.3 is 0 Å². The van der Waals surface area contributed by atoms with Crippen molar-refractivity contribution in [3.63, 3.8) is 0 Å². The fourth-order valence-electron chi connectivity index (χ4n) is 3.29. The van der Waals surface area contributed by atoms with Crippen LogP contribution in [0.25, 0.3) is 21.3 Å². The van der Waals surface area contributed by atoms with Gasteiger partial charge in [-0.2, -0.15) is 0 Å². The van der Waals surface area contributed by atoms with Crippen LogP contribution < -0.4 is 5.32 Å². The fourth-order valence-corrected chi connectivity index (χ4v) is 3.98. The number of fused-ring (bicyclic) bond motifs is 1. The summed E-state index contributed by atoms with van der Waals surface area (Å²) < 4.78 is 5.40. The maximum absolute atomic E-state index is 12.9. The average Bonchev–Trinajstić information content (AvgIpc) is 3.14. The van der Waals surface area contributed by atoms with Crippen LogP contribution in [0, 0.1) is 6.92 Å². The predicted molar refractivity (Wildman–Crippen MR) is 116 cm³/mol. The van der Waals surface area contributed by atoms with Gasteiger partial charge in [0.15, 0.2) is 0 Å². The highest BCUT2D eigenvalue weighted by Crippen LogP contribution is 2.27. The molecule has 7 nitrogen and oxygen atoms in total. The smallest absolute Gasteiger partial charge is 0.229 e. The molecule has 28 heavy (non-hydrogen) atoms.